The van der Waals surface area contributed by atoms with Gasteiger partial charge in [0.05, 0.1) is 6.61 Å². The van der Waals surface area contributed by atoms with Gasteiger partial charge in [0, 0.05) is 18.8 Å². The first-order valence-corrected chi connectivity index (χ1v) is 6.39. The van der Waals surface area contributed by atoms with Crippen molar-refractivity contribution in [2.24, 2.45) is 0 Å². The molecule has 0 spiro atoms. The third-order valence-electron chi connectivity index (χ3n) is 2.64. The summed E-state index contributed by atoms with van der Waals surface area (Å²) in [6.07, 6.45) is 0. The molecule has 0 atom stereocenters. The van der Waals surface area contributed by atoms with Crippen LogP contribution in [0.25, 0.3) is 0 Å². The van der Waals surface area contributed by atoms with Crippen LogP contribution in [0.15, 0.2) is 30.3 Å². The molecule has 6 nitrogen and oxygen atoms in total. The van der Waals surface area contributed by atoms with Crippen molar-refractivity contribution >= 4 is 17.4 Å². The topological polar surface area (TPSA) is 76.1 Å². The molecule has 0 saturated carbocycles. The van der Waals surface area contributed by atoms with Crippen molar-refractivity contribution in [1.29, 1.82) is 0 Å². The molecule has 0 unspecified atom stereocenters. The predicted molar refractivity (Wildman–Crippen MR) is 77.1 cm³/mol. The molecule has 0 radical (unpaired) electrons. The molecule has 1 heterocycles. The zero-order valence-corrected chi connectivity index (χ0v) is 11.7. The number of rotatable bonds is 5. The number of benzene rings is 1. The molecule has 110 valence electrons. The number of carbonyl (C=O) groups excluding carboxylic acids is 1. The van der Waals surface area contributed by atoms with Gasteiger partial charge in [0.15, 0.2) is 17.3 Å². The molecule has 21 heavy (non-hydrogen) atoms. The van der Waals surface area contributed by atoms with Gasteiger partial charge in [0.1, 0.15) is 5.82 Å². The molecule has 7 heteroatoms. The fourth-order valence-electron chi connectivity index (χ4n) is 1.63. The Labute approximate surface area is 121 Å². The van der Waals surface area contributed by atoms with Crippen molar-refractivity contribution in [3.05, 3.63) is 41.8 Å². The van der Waals surface area contributed by atoms with Gasteiger partial charge in [-0.1, -0.05) is 0 Å². The van der Waals surface area contributed by atoms with E-state index in [1.807, 2.05) is 0 Å². The Balaban J connectivity index is 2.09. The van der Waals surface area contributed by atoms with Crippen molar-refractivity contribution in [3.63, 3.8) is 0 Å². The van der Waals surface area contributed by atoms with Crippen molar-refractivity contribution in [1.82, 2.24) is 10.2 Å². The molecule has 0 bridgehead atoms. The summed E-state index contributed by atoms with van der Waals surface area (Å²) in [6.45, 7) is 2.14. The van der Waals surface area contributed by atoms with E-state index in [9.17, 15) is 9.18 Å². The second-order valence-electron chi connectivity index (χ2n) is 4.09. The zero-order valence-electron chi connectivity index (χ0n) is 11.7. The molecule has 0 aliphatic rings. The van der Waals surface area contributed by atoms with Crippen molar-refractivity contribution in [2.75, 3.05) is 24.3 Å². The van der Waals surface area contributed by atoms with Crippen molar-refractivity contribution in [2.45, 2.75) is 6.92 Å². The lowest BCUT2D eigenvalue weighted by atomic mass is 10.2. The minimum atomic E-state index is -0.536. The third kappa shape index (κ3) is 3.65. The summed E-state index contributed by atoms with van der Waals surface area (Å²) in [4.78, 5) is 11.9. The molecule has 2 N–H and O–H groups in total. The van der Waals surface area contributed by atoms with Gasteiger partial charge in [-0.2, -0.15) is 0 Å². The molecule has 1 amide bonds. The Bertz CT molecular complexity index is 631. The lowest BCUT2D eigenvalue weighted by molar-refractivity contribution is 0.102. The van der Waals surface area contributed by atoms with Gasteiger partial charge in [-0.05, 0) is 31.2 Å². The highest BCUT2D eigenvalue weighted by Crippen LogP contribution is 2.21. The lowest BCUT2D eigenvalue weighted by Crippen LogP contribution is -2.14. The molecule has 1 aromatic carbocycles. The molecule has 2 rings (SSSR count). The lowest BCUT2D eigenvalue weighted by Gasteiger charge is -2.08. The fourth-order valence-corrected chi connectivity index (χ4v) is 1.63. The van der Waals surface area contributed by atoms with Gasteiger partial charge in [0.2, 0.25) is 0 Å². The average molecular weight is 290 g/mol. The van der Waals surface area contributed by atoms with E-state index in [-0.39, 0.29) is 11.4 Å². The summed E-state index contributed by atoms with van der Waals surface area (Å²) < 4.78 is 18.8. The van der Waals surface area contributed by atoms with E-state index in [4.69, 9.17) is 4.74 Å². The Kier molecular flexibility index (Phi) is 4.65. The van der Waals surface area contributed by atoms with Gasteiger partial charge in [-0.15, -0.1) is 10.2 Å². The molecular weight excluding hydrogens is 275 g/mol. The SMILES string of the molecule is CCOc1ccc(NC(=O)c2ccc(NC)nn2)cc1F. The Morgan fingerprint density at radius 1 is 1.29 bits per heavy atom. The van der Waals surface area contributed by atoms with Crippen LogP contribution >= 0.6 is 0 Å². The van der Waals surface area contributed by atoms with Gasteiger partial charge < -0.3 is 15.4 Å². The zero-order chi connectivity index (χ0) is 15.2. The van der Waals surface area contributed by atoms with Gasteiger partial charge in [-0.3, -0.25) is 4.79 Å². The monoisotopic (exact) mass is 290 g/mol. The van der Waals surface area contributed by atoms with Gasteiger partial charge in [-0.25, -0.2) is 4.39 Å². The Morgan fingerprint density at radius 2 is 2.10 bits per heavy atom. The van der Waals surface area contributed by atoms with Gasteiger partial charge >= 0.3 is 0 Å². The maximum absolute atomic E-state index is 13.7. The van der Waals surface area contributed by atoms with Crippen molar-refractivity contribution in [3.8, 4) is 5.75 Å². The molecular formula is C14H15FN4O2. The highest BCUT2D eigenvalue weighted by Gasteiger charge is 2.10. The first-order valence-electron chi connectivity index (χ1n) is 6.39. The number of carbonyl (C=O) groups is 1. The molecule has 0 saturated heterocycles. The maximum atomic E-state index is 13.7. The van der Waals surface area contributed by atoms with Crippen LogP contribution in [-0.2, 0) is 0 Å². The van der Waals surface area contributed by atoms with E-state index in [2.05, 4.69) is 20.8 Å². The number of aromatic nitrogens is 2. The number of anilines is 2. The highest BCUT2D eigenvalue weighted by atomic mass is 19.1. The van der Waals surface area contributed by atoms with Crippen LogP contribution in [0.2, 0.25) is 0 Å². The molecule has 0 fully saturated rings. The first kappa shape index (κ1) is 14.7. The second kappa shape index (κ2) is 6.65. The summed E-state index contributed by atoms with van der Waals surface area (Å²) in [5.74, 6) is -0.299. The van der Waals surface area contributed by atoms with Crippen LogP contribution in [0.3, 0.4) is 0 Å². The van der Waals surface area contributed by atoms with E-state index >= 15 is 0 Å². The highest BCUT2D eigenvalue weighted by molar-refractivity contribution is 6.02. The quantitative estimate of drug-likeness (QED) is 0.883. The third-order valence-corrected chi connectivity index (χ3v) is 2.64. The summed E-state index contributed by atoms with van der Waals surface area (Å²) >= 11 is 0. The van der Waals surface area contributed by atoms with E-state index in [0.717, 1.165) is 0 Å². The first-order chi connectivity index (χ1) is 10.1. The summed E-state index contributed by atoms with van der Waals surface area (Å²) in [7, 11) is 1.70. The summed E-state index contributed by atoms with van der Waals surface area (Å²) in [5, 5.41) is 12.9. The predicted octanol–water partition coefficient (Wildman–Crippen LogP) is 2.31. The normalized spacial score (nSPS) is 10.0. The standard InChI is InChI=1S/C14H15FN4O2/c1-3-21-12-6-4-9(8-10(12)15)17-14(20)11-5-7-13(16-2)19-18-11/h4-8H,3H2,1-2H3,(H,16,19)(H,17,20). The minimum Gasteiger partial charge on any atom is -0.491 e. The van der Waals surface area contributed by atoms with Crippen LogP contribution < -0.4 is 15.4 Å². The Morgan fingerprint density at radius 3 is 2.67 bits per heavy atom. The van der Waals surface area contributed by atoms with E-state index in [0.29, 0.717) is 18.1 Å². The minimum absolute atomic E-state index is 0.142. The molecule has 0 aliphatic heterocycles. The number of nitrogens with one attached hydrogen (secondary N) is 2. The van der Waals surface area contributed by atoms with Gasteiger partial charge in [0.25, 0.3) is 5.91 Å². The van der Waals surface area contributed by atoms with E-state index < -0.39 is 11.7 Å². The van der Waals surface area contributed by atoms with Crippen LogP contribution in [0.5, 0.6) is 5.75 Å². The number of hydrogen-bond donors (Lipinski definition) is 2. The number of amides is 1. The average Bonchev–Trinajstić information content (AvgIpc) is 2.50. The van der Waals surface area contributed by atoms with Crippen LogP contribution in [-0.4, -0.2) is 29.8 Å². The fraction of sp³-hybridized carbons (Fsp3) is 0.214. The number of halogens is 1. The maximum Gasteiger partial charge on any atom is 0.276 e. The summed E-state index contributed by atoms with van der Waals surface area (Å²) in [5.41, 5.74) is 0.462. The Hall–Kier alpha value is -2.70. The molecule has 2 aromatic rings. The van der Waals surface area contributed by atoms with E-state index in [1.165, 1.54) is 18.2 Å². The van der Waals surface area contributed by atoms with E-state index in [1.54, 1.807) is 26.1 Å². The number of nitrogens with zero attached hydrogens (tertiary/aromatic N) is 2. The largest absolute Gasteiger partial charge is 0.491 e. The second-order valence-corrected chi connectivity index (χ2v) is 4.09. The van der Waals surface area contributed by atoms with Crippen molar-refractivity contribution < 1.29 is 13.9 Å². The van der Waals surface area contributed by atoms with Crippen LogP contribution in [0, 0.1) is 5.82 Å². The van der Waals surface area contributed by atoms with Crippen LogP contribution in [0.4, 0.5) is 15.9 Å². The van der Waals surface area contributed by atoms with Crippen LogP contribution in [0.1, 0.15) is 17.4 Å². The number of hydrogen-bond acceptors (Lipinski definition) is 5. The molecule has 0 aliphatic carbocycles. The number of ether oxygens (including phenoxy) is 1. The molecule has 1 aromatic heterocycles. The summed E-state index contributed by atoms with van der Waals surface area (Å²) in [6, 6.07) is 7.36. The smallest absolute Gasteiger partial charge is 0.276 e.